The van der Waals surface area contributed by atoms with Gasteiger partial charge in [-0.3, -0.25) is 0 Å². The third-order valence-corrected chi connectivity index (χ3v) is 0. The minimum absolute atomic E-state index is 0. The van der Waals surface area contributed by atoms with Gasteiger partial charge in [0.2, 0.25) is 0 Å². The van der Waals surface area contributed by atoms with Crippen LogP contribution in [-0.2, 0) is 0 Å². The smallest absolute Gasteiger partial charge is 1.00 e. The molecule has 0 bridgehead atoms. The molecular weight excluding hydrogens is 305 g/mol. The van der Waals surface area contributed by atoms with Gasteiger partial charge in [0.1, 0.15) is 0 Å². The Morgan fingerprint density at radius 1 is 1.33 bits per heavy atom. The van der Waals surface area contributed by atoms with E-state index in [0.717, 1.165) is 0 Å². The van der Waals surface area contributed by atoms with Crippen LogP contribution < -0.4 is 12.4 Å². The summed E-state index contributed by atoms with van der Waals surface area (Å²) in [6.45, 7) is 0. The molecule has 0 amide bonds. The molecular formula is ClNO3Pb. The van der Waals surface area contributed by atoms with Crippen LogP contribution in [0.15, 0.2) is 0 Å². The Morgan fingerprint density at radius 2 is 1.33 bits per heavy atom. The van der Waals surface area contributed by atoms with E-state index in [4.69, 9.17) is 15.3 Å². The van der Waals surface area contributed by atoms with Crippen molar-refractivity contribution in [2.75, 3.05) is 0 Å². The van der Waals surface area contributed by atoms with Gasteiger partial charge in [-0.1, -0.05) is 0 Å². The van der Waals surface area contributed by atoms with E-state index in [1.54, 1.807) is 0 Å². The predicted octanol–water partition coefficient (Wildman–Crippen LogP) is -3.62. The van der Waals surface area contributed by atoms with Crippen LogP contribution in [-0.4, -0.2) is 32.4 Å². The van der Waals surface area contributed by atoms with Crippen molar-refractivity contribution < 1.29 is 17.5 Å². The molecule has 0 fully saturated rings. The normalized spacial score (nSPS) is 4.00. The first-order valence-electron chi connectivity index (χ1n) is 0.548. The summed E-state index contributed by atoms with van der Waals surface area (Å²) in [6.07, 6.45) is 0. The molecule has 0 aliphatic heterocycles. The van der Waals surface area contributed by atoms with Crippen molar-refractivity contribution in [3.63, 3.8) is 0 Å². The Bertz CT molecular complexity index is 33.8. The Hall–Kier alpha value is 0.412. The average Bonchev–Trinajstić information content (AvgIpc) is 0.811. The molecule has 0 aliphatic carbocycles. The Balaban J connectivity index is -0.0000000450. The molecule has 0 rings (SSSR count). The van der Waals surface area contributed by atoms with Crippen LogP contribution in [0.25, 0.3) is 0 Å². The van der Waals surface area contributed by atoms with Crippen LogP contribution in [0.2, 0.25) is 0 Å². The van der Waals surface area contributed by atoms with Gasteiger partial charge in [0.05, 0.1) is 5.09 Å². The number of hydrogen-bond donors (Lipinski definition) is 0. The molecule has 0 saturated carbocycles. The van der Waals surface area contributed by atoms with Gasteiger partial charge in [-0.2, -0.15) is 0 Å². The van der Waals surface area contributed by atoms with Crippen molar-refractivity contribution in [1.29, 1.82) is 0 Å². The van der Waals surface area contributed by atoms with Crippen LogP contribution in [0.1, 0.15) is 0 Å². The van der Waals surface area contributed by atoms with Gasteiger partial charge in [0.15, 0.2) is 0 Å². The predicted molar refractivity (Wildman–Crippen MR) is 16.1 cm³/mol. The molecule has 0 aromatic carbocycles. The maximum Gasteiger partial charge on any atom is 2.00 e. The molecule has 0 unspecified atom stereocenters. The van der Waals surface area contributed by atoms with Gasteiger partial charge in [-0.25, -0.2) is 0 Å². The summed E-state index contributed by atoms with van der Waals surface area (Å²) in [5, 5.41) is 14.8. The van der Waals surface area contributed by atoms with Crippen molar-refractivity contribution in [3.05, 3.63) is 15.3 Å². The molecule has 0 atom stereocenters. The zero-order valence-electron chi connectivity index (χ0n) is 2.55. The summed E-state index contributed by atoms with van der Waals surface area (Å²) >= 11 is 0. The Labute approximate surface area is 60.2 Å². The monoisotopic (exact) mass is 305 g/mol. The second-order valence-corrected chi connectivity index (χ2v) is 0.224. The van der Waals surface area contributed by atoms with Crippen molar-refractivity contribution in [1.82, 2.24) is 0 Å². The second-order valence-electron chi connectivity index (χ2n) is 0.224. The molecule has 34 valence electrons. The van der Waals surface area contributed by atoms with Gasteiger partial charge in [0, 0.05) is 0 Å². The second kappa shape index (κ2) is 9.05. The summed E-state index contributed by atoms with van der Waals surface area (Å²) in [5.74, 6) is 0. The quantitative estimate of drug-likeness (QED) is 0.264. The third kappa shape index (κ3) is 302. The first kappa shape index (κ1) is 16.1. The molecule has 6 heteroatoms. The van der Waals surface area contributed by atoms with Crippen LogP contribution >= 0.6 is 0 Å². The van der Waals surface area contributed by atoms with Gasteiger partial charge in [-0.05, 0) is 0 Å². The topological polar surface area (TPSA) is 66.2 Å². The number of hydrogen-bond acceptors (Lipinski definition) is 3. The van der Waals surface area contributed by atoms with Gasteiger partial charge in [-0.15, -0.1) is 0 Å². The van der Waals surface area contributed by atoms with E-state index in [1.807, 2.05) is 0 Å². The van der Waals surface area contributed by atoms with Gasteiger partial charge >= 0.3 is 27.3 Å². The van der Waals surface area contributed by atoms with E-state index in [0.29, 0.717) is 0 Å². The summed E-state index contributed by atoms with van der Waals surface area (Å²) in [6, 6.07) is 0. The van der Waals surface area contributed by atoms with Crippen LogP contribution in [0.3, 0.4) is 0 Å². The van der Waals surface area contributed by atoms with Crippen LogP contribution in [0.4, 0.5) is 0 Å². The standard InChI is InChI=1S/ClH.NO3.Pb/c;2-1(3)4;/h1H;;/q;-1;+2/p-1. The number of nitrogens with zero attached hydrogens (tertiary/aromatic N) is 1. The van der Waals surface area contributed by atoms with Gasteiger partial charge in [0.25, 0.3) is 0 Å². The molecule has 0 aromatic heterocycles. The van der Waals surface area contributed by atoms with Crippen LogP contribution in [0.5, 0.6) is 0 Å². The molecule has 0 N–H and O–H groups in total. The number of halogens is 1. The van der Waals surface area contributed by atoms with E-state index >= 15 is 0 Å². The fourth-order valence-corrected chi connectivity index (χ4v) is 0. The Kier molecular flexibility index (Phi) is 24.3. The minimum atomic E-state index is -1.75. The molecule has 2 radical (unpaired) electrons. The van der Waals surface area contributed by atoms with Crippen molar-refractivity contribution in [2.24, 2.45) is 0 Å². The molecule has 0 heterocycles. The first-order chi connectivity index (χ1) is 1.73. The summed E-state index contributed by atoms with van der Waals surface area (Å²) < 4.78 is 0. The van der Waals surface area contributed by atoms with Crippen LogP contribution in [0, 0.1) is 15.3 Å². The van der Waals surface area contributed by atoms with Crippen molar-refractivity contribution >= 4 is 27.3 Å². The molecule has 0 spiro atoms. The molecule has 6 heavy (non-hydrogen) atoms. The van der Waals surface area contributed by atoms with Crippen molar-refractivity contribution in [3.8, 4) is 0 Å². The zero-order valence-corrected chi connectivity index (χ0v) is 7.19. The minimum Gasteiger partial charge on any atom is -1.00 e. The summed E-state index contributed by atoms with van der Waals surface area (Å²) in [5.41, 5.74) is 0. The fourth-order valence-electron chi connectivity index (χ4n) is 0. The SMILES string of the molecule is O=[N+]([O-])[O-].[Cl-].[Pb+2]. The summed E-state index contributed by atoms with van der Waals surface area (Å²) in [7, 11) is 0. The Morgan fingerprint density at radius 3 is 1.33 bits per heavy atom. The summed E-state index contributed by atoms with van der Waals surface area (Å²) in [4.78, 5) is 8.25. The third-order valence-electron chi connectivity index (χ3n) is 0. The van der Waals surface area contributed by atoms with E-state index < -0.39 is 5.09 Å². The van der Waals surface area contributed by atoms with E-state index in [1.165, 1.54) is 0 Å². The van der Waals surface area contributed by atoms with E-state index in [9.17, 15) is 0 Å². The number of rotatable bonds is 0. The largest absolute Gasteiger partial charge is 2.00 e. The van der Waals surface area contributed by atoms with Gasteiger partial charge < -0.3 is 27.7 Å². The van der Waals surface area contributed by atoms with E-state index in [-0.39, 0.29) is 39.7 Å². The molecule has 0 saturated heterocycles. The zero-order chi connectivity index (χ0) is 3.58. The fraction of sp³-hybridized carbons (Fsp3) is 0. The molecule has 0 aromatic rings. The first-order valence-corrected chi connectivity index (χ1v) is 0.548. The average molecular weight is 305 g/mol. The maximum atomic E-state index is 8.25. The maximum absolute atomic E-state index is 8.25. The molecule has 0 aliphatic rings. The molecule has 4 nitrogen and oxygen atoms in total. The van der Waals surface area contributed by atoms with E-state index in [2.05, 4.69) is 0 Å². The van der Waals surface area contributed by atoms with Crippen molar-refractivity contribution in [2.45, 2.75) is 0 Å².